The van der Waals surface area contributed by atoms with Crippen LogP contribution in [0.3, 0.4) is 0 Å². The number of esters is 1. The van der Waals surface area contributed by atoms with Crippen molar-refractivity contribution in [3.05, 3.63) is 39.9 Å². The predicted molar refractivity (Wildman–Crippen MR) is 112 cm³/mol. The highest BCUT2D eigenvalue weighted by Crippen LogP contribution is 2.52. The molecule has 1 aromatic carbocycles. The smallest absolute Gasteiger partial charge is 0.330 e. The number of nitrogens with zero attached hydrogens (tertiary/aromatic N) is 3. The topological polar surface area (TPSA) is 102 Å². The summed E-state index contributed by atoms with van der Waals surface area (Å²) in [5.74, 6) is -0.940. The van der Waals surface area contributed by atoms with Crippen LogP contribution >= 0.6 is 46.6 Å². The molecule has 1 aromatic rings. The zero-order chi connectivity index (χ0) is 21.6. The van der Waals surface area contributed by atoms with Crippen molar-refractivity contribution in [2.75, 3.05) is 6.61 Å². The minimum absolute atomic E-state index is 0.0302. The molecule has 2 aliphatic heterocycles. The summed E-state index contributed by atoms with van der Waals surface area (Å²) in [6, 6.07) is 4.35. The highest BCUT2D eigenvalue weighted by Gasteiger charge is 2.64. The third-order valence-electron chi connectivity index (χ3n) is 4.50. The molecule has 0 aromatic heterocycles. The van der Waals surface area contributed by atoms with Gasteiger partial charge in [0.1, 0.15) is 18.0 Å². The Morgan fingerprint density at radius 2 is 2.00 bits per heavy atom. The lowest BCUT2D eigenvalue weighted by Crippen LogP contribution is -2.65. The molecule has 2 saturated heterocycles. The Hall–Kier alpha value is -1.55. The van der Waals surface area contributed by atoms with Gasteiger partial charge in [0.2, 0.25) is 3.79 Å². The SMILES string of the molecule is CC1(C)S[C@@H]2[C@H](N=Cc3ccc([N+](=O)[O-])cc3)C(=O)N2[C@H]1C(=O)OCC(Cl)(Cl)Cl. The largest absolute Gasteiger partial charge is 0.460 e. The van der Waals surface area contributed by atoms with Crippen LogP contribution in [-0.4, -0.2) is 60.5 Å². The molecule has 12 heteroatoms. The summed E-state index contributed by atoms with van der Waals surface area (Å²) in [6.45, 7) is 3.26. The zero-order valence-electron chi connectivity index (χ0n) is 15.3. The van der Waals surface area contributed by atoms with E-state index in [-0.39, 0.29) is 17.0 Å². The van der Waals surface area contributed by atoms with Crippen LogP contribution in [0.4, 0.5) is 5.69 Å². The molecule has 1 amide bonds. The summed E-state index contributed by atoms with van der Waals surface area (Å²) in [5, 5.41) is 10.4. The fourth-order valence-corrected chi connectivity index (χ4v) is 4.97. The monoisotopic (exact) mass is 479 g/mol. The Labute approximate surface area is 185 Å². The van der Waals surface area contributed by atoms with Crippen molar-refractivity contribution < 1.29 is 19.2 Å². The zero-order valence-corrected chi connectivity index (χ0v) is 18.3. The summed E-state index contributed by atoms with van der Waals surface area (Å²) in [4.78, 5) is 41.1. The highest BCUT2D eigenvalue weighted by molar-refractivity contribution is 8.01. The number of nitro groups is 1. The van der Waals surface area contributed by atoms with Gasteiger partial charge in [0.15, 0.2) is 6.04 Å². The lowest BCUT2D eigenvalue weighted by Gasteiger charge is -2.41. The van der Waals surface area contributed by atoms with Crippen molar-refractivity contribution in [3.8, 4) is 0 Å². The Morgan fingerprint density at radius 1 is 1.38 bits per heavy atom. The number of alkyl halides is 3. The van der Waals surface area contributed by atoms with Gasteiger partial charge in [-0.05, 0) is 31.5 Å². The minimum Gasteiger partial charge on any atom is -0.460 e. The van der Waals surface area contributed by atoms with Gasteiger partial charge in [-0.25, -0.2) is 4.79 Å². The maximum Gasteiger partial charge on any atom is 0.330 e. The molecular formula is C17H16Cl3N3O5S. The van der Waals surface area contributed by atoms with Gasteiger partial charge in [0.25, 0.3) is 11.6 Å². The molecule has 29 heavy (non-hydrogen) atoms. The summed E-state index contributed by atoms with van der Waals surface area (Å²) in [6.07, 6.45) is 1.49. The summed E-state index contributed by atoms with van der Waals surface area (Å²) >= 11 is 18.3. The first-order chi connectivity index (χ1) is 13.4. The molecule has 0 aliphatic carbocycles. The number of hydrogen-bond acceptors (Lipinski definition) is 7. The van der Waals surface area contributed by atoms with Crippen molar-refractivity contribution in [2.24, 2.45) is 4.99 Å². The number of halogens is 3. The molecule has 0 N–H and O–H groups in total. The van der Waals surface area contributed by atoms with Gasteiger partial charge < -0.3 is 9.64 Å². The highest BCUT2D eigenvalue weighted by atomic mass is 35.6. The molecule has 0 unspecified atom stereocenters. The number of benzene rings is 1. The number of ether oxygens (including phenoxy) is 1. The minimum atomic E-state index is -1.73. The molecule has 156 valence electrons. The van der Waals surface area contributed by atoms with Crippen LogP contribution in [0.2, 0.25) is 0 Å². The van der Waals surface area contributed by atoms with Gasteiger partial charge in [0, 0.05) is 23.1 Å². The van der Waals surface area contributed by atoms with Crippen molar-refractivity contribution in [1.82, 2.24) is 4.90 Å². The molecule has 0 saturated carbocycles. The van der Waals surface area contributed by atoms with Crippen molar-refractivity contribution >= 4 is 70.3 Å². The van der Waals surface area contributed by atoms with Gasteiger partial charge in [-0.1, -0.05) is 34.8 Å². The Bertz CT molecular complexity index is 872. The van der Waals surface area contributed by atoms with Gasteiger partial charge in [-0.15, -0.1) is 11.8 Å². The molecule has 8 nitrogen and oxygen atoms in total. The Kier molecular flexibility index (Phi) is 6.06. The molecule has 2 heterocycles. The average molecular weight is 481 g/mol. The van der Waals surface area contributed by atoms with Gasteiger partial charge in [0.05, 0.1) is 4.92 Å². The number of carbonyl (C=O) groups excluding carboxylic acids is 2. The number of non-ortho nitro benzene ring substituents is 1. The maximum atomic E-state index is 12.6. The summed E-state index contributed by atoms with van der Waals surface area (Å²) in [7, 11) is 0. The van der Waals surface area contributed by atoms with Gasteiger partial charge >= 0.3 is 5.97 Å². The lowest BCUT2D eigenvalue weighted by molar-refractivity contribution is -0.384. The van der Waals surface area contributed by atoms with Crippen LogP contribution < -0.4 is 0 Å². The van der Waals surface area contributed by atoms with Gasteiger partial charge in [-0.3, -0.25) is 19.9 Å². The number of β-lactam (4-membered cyclic amide) rings is 1. The van der Waals surface area contributed by atoms with Crippen LogP contribution in [0.25, 0.3) is 0 Å². The first-order valence-corrected chi connectivity index (χ1v) is 10.4. The van der Waals surface area contributed by atoms with E-state index in [1.54, 1.807) is 12.1 Å². The van der Waals surface area contributed by atoms with E-state index in [1.165, 1.54) is 35.0 Å². The van der Waals surface area contributed by atoms with Crippen LogP contribution in [0.15, 0.2) is 29.3 Å². The first kappa shape index (κ1) is 22.1. The molecule has 0 spiro atoms. The number of rotatable bonds is 5. The quantitative estimate of drug-likeness (QED) is 0.160. The second kappa shape index (κ2) is 7.94. The molecule has 3 rings (SSSR count). The van der Waals surface area contributed by atoms with E-state index in [9.17, 15) is 19.7 Å². The van der Waals surface area contributed by atoms with Crippen LogP contribution in [-0.2, 0) is 14.3 Å². The molecule has 0 bridgehead atoms. The number of fused-ring (bicyclic) bond motifs is 1. The third-order valence-corrected chi connectivity index (χ3v) is 6.39. The number of nitro benzene ring substituents is 1. The van der Waals surface area contributed by atoms with E-state index in [1.807, 2.05) is 13.8 Å². The fourth-order valence-electron chi connectivity index (χ4n) is 3.19. The normalized spacial score (nSPS) is 25.6. The standard InChI is InChI=1S/C17H16Cl3N3O5S/c1-16(2)12(15(25)28-8-17(18,19)20)22-13(24)11(14(22)29-16)21-7-9-3-5-10(6-4-9)23(26)27/h3-7,11-12,14H,8H2,1-2H3/t11-,12+,14-/m1/s1. The van der Waals surface area contributed by atoms with E-state index in [4.69, 9.17) is 39.5 Å². The van der Waals surface area contributed by atoms with Crippen molar-refractivity contribution in [1.29, 1.82) is 0 Å². The fraction of sp³-hybridized carbons (Fsp3) is 0.471. The van der Waals surface area contributed by atoms with Crippen molar-refractivity contribution in [2.45, 2.75) is 39.8 Å². The number of carbonyl (C=O) groups is 2. The molecular weight excluding hydrogens is 465 g/mol. The van der Waals surface area contributed by atoms with E-state index >= 15 is 0 Å². The second-order valence-electron chi connectivity index (χ2n) is 7.05. The third kappa shape index (κ3) is 4.63. The summed E-state index contributed by atoms with van der Waals surface area (Å²) < 4.78 is 2.74. The maximum absolute atomic E-state index is 12.6. The first-order valence-electron chi connectivity index (χ1n) is 8.42. The number of aliphatic imine (C=N–C) groups is 1. The molecule has 3 atom stereocenters. The van der Waals surface area contributed by atoms with E-state index in [2.05, 4.69) is 4.99 Å². The number of amides is 1. The summed E-state index contributed by atoms with van der Waals surface area (Å²) in [5.41, 5.74) is 0.597. The number of hydrogen-bond donors (Lipinski definition) is 0. The Morgan fingerprint density at radius 3 is 2.55 bits per heavy atom. The van der Waals surface area contributed by atoms with Crippen LogP contribution in [0.1, 0.15) is 19.4 Å². The van der Waals surface area contributed by atoms with Crippen LogP contribution in [0.5, 0.6) is 0 Å². The van der Waals surface area contributed by atoms with E-state index < -0.39 is 38.1 Å². The van der Waals surface area contributed by atoms with E-state index in [0.29, 0.717) is 5.56 Å². The molecule has 2 aliphatic rings. The average Bonchev–Trinajstić information content (AvgIpc) is 2.87. The second-order valence-corrected chi connectivity index (χ2v) is 11.3. The molecule has 0 radical (unpaired) electrons. The van der Waals surface area contributed by atoms with Crippen molar-refractivity contribution in [3.63, 3.8) is 0 Å². The lowest BCUT2D eigenvalue weighted by atomic mass is 9.96. The van der Waals surface area contributed by atoms with Crippen LogP contribution in [0, 0.1) is 10.1 Å². The molecule has 2 fully saturated rings. The predicted octanol–water partition coefficient (Wildman–Crippen LogP) is 3.36. The van der Waals surface area contributed by atoms with E-state index in [0.717, 1.165) is 0 Å². The Balaban J connectivity index is 1.70. The number of thioether (sulfide) groups is 1. The van der Waals surface area contributed by atoms with Gasteiger partial charge in [-0.2, -0.15) is 0 Å².